The molecule has 1 aliphatic rings. The normalized spacial score (nSPS) is 19.0. The summed E-state index contributed by atoms with van der Waals surface area (Å²) in [5, 5.41) is 0. The van der Waals surface area contributed by atoms with Crippen LogP contribution in [0.5, 0.6) is 0 Å². The lowest BCUT2D eigenvalue weighted by molar-refractivity contribution is 0.0459. The van der Waals surface area contributed by atoms with E-state index in [1.807, 2.05) is 48.5 Å². The van der Waals surface area contributed by atoms with E-state index in [9.17, 15) is 13.2 Å². The zero-order valence-electron chi connectivity index (χ0n) is 18.6. The minimum atomic E-state index is -3.55. The third-order valence-electron chi connectivity index (χ3n) is 5.31. The number of rotatable bonds is 8. The fourth-order valence-corrected chi connectivity index (χ4v) is 5.10. The van der Waals surface area contributed by atoms with Crippen LogP contribution < -0.4 is 4.72 Å². The SMILES string of the molecule is C=CCS(=O)(=O)NC1CCCN(C(=O)OC(C)C)C1Cc1cccc(-c2ccccc2)n1. The first kappa shape index (κ1) is 23.9. The van der Waals surface area contributed by atoms with Gasteiger partial charge >= 0.3 is 6.09 Å². The van der Waals surface area contributed by atoms with Crippen LogP contribution in [0.25, 0.3) is 11.3 Å². The molecule has 1 amide bonds. The van der Waals surface area contributed by atoms with Crippen LogP contribution in [0.15, 0.2) is 61.2 Å². The van der Waals surface area contributed by atoms with Crippen molar-refractivity contribution in [2.24, 2.45) is 0 Å². The number of amides is 1. The Labute approximate surface area is 190 Å². The van der Waals surface area contributed by atoms with Crippen molar-refractivity contribution in [2.45, 2.75) is 51.3 Å². The molecule has 0 spiro atoms. The van der Waals surface area contributed by atoms with E-state index in [1.165, 1.54) is 6.08 Å². The number of sulfonamides is 1. The number of likely N-dealkylation sites (tertiary alicyclic amines) is 1. The van der Waals surface area contributed by atoms with Crippen LogP contribution in [-0.2, 0) is 21.2 Å². The van der Waals surface area contributed by atoms with Crippen molar-refractivity contribution in [1.82, 2.24) is 14.6 Å². The van der Waals surface area contributed by atoms with Gasteiger partial charge in [-0.3, -0.25) is 4.98 Å². The van der Waals surface area contributed by atoms with E-state index in [0.29, 0.717) is 25.8 Å². The first-order chi connectivity index (χ1) is 15.3. The molecule has 172 valence electrons. The molecule has 2 heterocycles. The molecule has 8 heteroatoms. The molecule has 2 unspecified atom stereocenters. The van der Waals surface area contributed by atoms with Gasteiger partial charge in [0, 0.05) is 30.3 Å². The highest BCUT2D eigenvalue weighted by Crippen LogP contribution is 2.24. The average molecular weight is 458 g/mol. The maximum absolute atomic E-state index is 12.8. The Bertz CT molecular complexity index is 1020. The van der Waals surface area contributed by atoms with E-state index in [1.54, 1.807) is 18.7 Å². The maximum Gasteiger partial charge on any atom is 0.410 e. The van der Waals surface area contributed by atoms with Crippen molar-refractivity contribution in [2.75, 3.05) is 12.3 Å². The van der Waals surface area contributed by atoms with Gasteiger partial charge in [0.15, 0.2) is 0 Å². The molecule has 0 aliphatic carbocycles. The molecule has 0 saturated carbocycles. The Morgan fingerprint density at radius 3 is 2.69 bits per heavy atom. The van der Waals surface area contributed by atoms with Gasteiger partial charge in [0.2, 0.25) is 10.0 Å². The van der Waals surface area contributed by atoms with E-state index in [4.69, 9.17) is 9.72 Å². The van der Waals surface area contributed by atoms with Crippen molar-refractivity contribution >= 4 is 16.1 Å². The highest BCUT2D eigenvalue weighted by atomic mass is 32.2. The van der Waals surface area contributed by atoms with Crippen LogP contribution in [0.1, 0.15) is 32.4 Å². The lowest BCUT2D eigenvalue weighted by Gasteiger charge is -2.41. The molecule has 1 fully saturated rings. The van der Waals surface area contributed by atoms with Crippen LogP contribution in [0.2, 0.25) is 0 Å². The summed E-state index contributed by atoms with van der Waals surface area (Å²) in [6.07, 6.45) is 2.38. The molecular formula is C24H31N3O4S. The zero-order valence-corrected chi connectivity index (χ0v) is 19.4. The summed E-state index contributed by atoms with van der Waals surface area (Å²) in [6.45, 7) is 7.63. The zero-order chi connectivity index (χ0) is 23.1. The molecule has 1 aromatic carbocycles. The third kappa shape index (κ3) is 6.40. The highest BCUT2D eigenvalue weighted by molar-refractivity contribution is 7.89. The number of hydrogen-bond acceptors (Lipinski definition) is 5. The van der Waals surface area contributed by atoms with Gasteiger partial charge in [-0.25, -0.2) is 17.9 Å². The summed E-state index contributed by atoms with van der Waals surface area (Å²) in [5.74, 6) is -0.172. The lowest BCUT2D eigenvalue weighted by Crippen LogP contribution is -2.58. The summed E-state index contributed by atoms with van der Waals surface area (Å²) in [7, 11) is -3.55. The third-order valence-corrected chi connectivity index (χ3v) is 6.65. The number of carbonyl (C=O) groups excluding carboxylic acids is 1. The Hall–Kier alpha value is -2.71. The second-order valence-corrected chi connectivity index (χ2v) is 10.0. The Balaban J connectivity index is 1.90. The number of piperidine rings is 1. The van der Waals surface area contributed by atoms with Gasteiger partial charge in [0.1, 0.15) is 0 Å². The summed E-state index contributed by atoms with van der Waals surface area (Å²) >= 11 is 0. The minimum Gasteiger partial charge on any atom is -0.447 e. The molecule has 32 heavy (non-hydrogen) atoms. The number of nitrogens with zero attached hydrogens (tertiary/aromatic N) is 2. The standard InChI is InChI=1S/C24H31N3O4S/c1-4-16-32(29,30)26-22-14-9-15-27(24(28)31-18(2)3)23(22)17-20-12-8-13-21(25-20)19-10-6-5-7-11-19/h4-8,10-13,18,22-23,26H,1,9,14-17H2,2-3H3. The van der Waals surface area contributed by atoms with Crippen LogP contribution >= 0.6 is 0 Å². The molecule has 1 aromatic heterocycles. The van der Waals surface area contributed by atoms with Gasteiger partial charge in [-0.05, 0) is 38.8 Å². The summed E-state index contributed by atoms with van der Waals surface area (Å²) in [6, 6.07) is 14.8. The van der Waals surface area contributed by atoms with Crippen LogP contribution in [-0.4, -0.2) is 54.9 Å². The summed E-state index contributed by atoms with van der Waals surface area (Å²) in [4.78, 5) is 19.3. The second kappa shape index (κ2) is 10.7. The van der Waals surface area contributed by atoms with Crippen molar-refractivity contribution in [3.05, 3.63) is 66.9 Å². The van der Waals surface area contributed by atoms with E-state index in [-0.39, 0.29) is 11.9 Å². The number of ether oxygens (including phenoxy) is 1. The topological polar surface area (TPSA) is 88.6 Å². The number of benzene rings is 1. The number of pyridine rings is 1. The largest absolute Gasteiger partial charge is 0.447 e. The molecule has 7 nitrogen and oxygen atoms in total. The highest BCUT2D eigenvalue weighted by Gasteiger charge is 2.37. The van der Waals surface area contributed by atoms with Crippen molar-refractivity contribution in [3.8, 4) is 11.3 Å². The van der Waals surface area contributed by atoms with Gasteiger partial charge in [-0.15, -0.1) is 6.58 Å². The van der Waals surface area contributed by atoms with Gasteiger partial charge in [-0.1, -0.05) is 42.5 Å². The Morgan fingerprint density at radius 2 is 2.00 bits per heavy atom. The van der Waals surface area contributed by atoms with E-state index < -0.39 is 28.2 Å². The molecule has 2 atom stereocenters. The van der Waals surface area contributed by atoms with Crippen LogP contribution in [0.4, 0.5) is 4.79 Å². The van der Waals surface area contributed by atoms with Gasteiger partial charge in [0.05, 0.1) is 23.6 Å². The molecule has 3 rings (SSSR count). The fourth-order valence-electron chi connectivity index (χ4n) is 3.95. The Morgan fingerprint density at radius 1 is 1.25 bits per heavy atom. The number of hydrogen-bond donors (Lipinski definition) is 1. The Kier molecular flexibility index (Phi) is 8.04. The number of carbonyl (C=O) groups is 1. The van der Waals surface area contributed by atoms with E-state index in [0.717, 1.165) is 17.0 Å². The van der Waals surface area contributed by atoms with Crippen molar-refractivity contribution in [1.29, 1.82) is 0 Å². The van der Waals surface area contributed by atoms with Gasteiger partial charge in [0.25, 0.3) is 0 Å². The summed E-state index contributed by atoms with van der Waals surface area (Å²) < 4.78 is 33.1. The number of aromatic nitrogens is 1. The molecule has 1 saturated heterocycles. The predicted molar refractivity (Wildman–Crippen MR) is 126 cm³/mol. The molecular weight excluding hydrogens is 426 g/mol. The first-order valence-electron chi connectivity index (χ1n) is 10.9. The molecule has 0 radical (unpaired) electrons. The second-order valence-electron chi connectivity index (χ2n) is 8.21. The maximum atomic E-state index is 12.8. The predicted octanol–water partition coefficient (Wildman–Crippen LogP) is 3.77. The smallest absolute Gasteiger partial charge is 0.410 e. The molecule has 2 aromatic rings. The lowest BCUT2D eigenvalue weighted by atomic mass is 9.93. The van der Waals surface area contributed by atoms with Crippen LogP contribution in [0.3, 0.4) is 0 Å². The fraction of sp³-hybridized carbons (Fsp3) is 0.417. The monoisotopic (exact) mass is 457 g/mol. The first-order valence-corrected chi connectivity index (χ1v) is 12.5. The van der Waals surface area contributed by atoms with Crippen LogP contribution in [0, 0.1) is 0 Å². The average Bonchev–Trinajstić information content (AvgIpc) is 2.75. The number of nitrogens with one attached hydrogen (secondary N) is 1. The quantitative estimate of drug-likeness (QED) is 0.610. The van der Waals surface area contributed by atoms with Crippen molar-refractivity contribution < 1.29 is 17.9 Å². The molecule has 1 aliphatic heterocycles. The van der Waals surface area contributed by atoms with Crippen molar-refractivity contribution in [3.63, 3.8) is 0 Å². The minimum absolute atomic E-state index is 0.172. The summed E-state index contributed by atoms with van der Waals surface area (Å²) in [5.41, 5.74) is 2.62. The van der Waals surface area contributed by atoms with E-state index in [2.05, 4.69) is 11.3 Å². The molecule has 0 bridgehead atoms. The van der Waals surface area contributed by atoms with E-state index >= 15 is 0 Å². The van der Waals surface area contributed by atoms with Gasteiger partial charge in [-0.2, -0.15) is 0 Å². The molecule has 1 N–H and O–H groups in total. The van der Waals surface area contributed by atoms with Gasteiger partial charge < -0.3 is 9.64 Å².